The van der Waals surface area contributed by atoms with Crippen LogP contribution in [0.15, 0.2) is 0 Å². The van der Waals surface area contributed by atoms with Gasteiger partial charge in [-0.15, -0.1) is 12.3 Å². The Labute approximate surface area is 80.1 Å². The molecule has 1 atom stereocenters. The van der Waals surface area contributed by atoms with Crippen molar-refractivity contribution < 1.29 is 4.79 Å². The number of nitrogens with one attached hydrogen (secondary N) is 1. The molecular weight excluding hydrogens is 162 g/mol. The Balaban J connectivity index is 2.34. The van der Waals surface area contributed by atoms with Crippen molar-refractivity contribution in [3.05, 3.63) is 0 Å². The maximum absolute atomic E-state index is 11.7. The van der Waals surface area contributed by atoms with Gasteiger partial charge in [0.1, 0.15) is 0 Å². The van der Waals surface area contributed by atoms with E-state index in [1.54, 1.807) is 0 Å². The van der Waals surface area contributed by atoms with Crippen LogP contribution in [-0.4, -0.2) is 17.9 Å². The van der Waals surface area contributed by atoms with Gasteiger partial charge in [0.25, 0.3) is 0 Å². The van der Waals surface area contributed by atoms with E-state index in [9.17, 15) is 4.79 Å². The Morgan fingerprint density at radius 1 is 1.69 bits per heavy atom. The van der Waals surface area contributed by atoms with Gasteiger partial charge in [0.15, 0.2) is 5.78 Å². The topological polar surface area (TPSA) is 29.1 Å². The summed E-state index contributed by atoms with van der Waals surface area (Å²) in [6.07, 6.45) is 9.36. The maximum atomic E-state index is 11.7. The Morgan fingerprint density at radius 2 is 2.46 bits per heavy atom. The van der Waals surface area contributed by atoms with Crippen LogP contribution in [0.3, 0.4) is 0 Å². The molecule has 0 amide bonds. The van der Waals surface area contributed by atoms with E-state index in [1.165, 1.54) is 0 Å². The van der Waals surface area contributed by atoms with E-state index in [1.807, 2.05) is 6.92 Å². The van der Waals surface area contributed by atoms with E-state index in [2.05, 4.69) is 11.2 Å². The average Bonchev–Trinajstić information content (AvgIpc) is 2.54. The lowest BCUT2D eigenvalue weighted by molar-refractivity contribution is -0.124. The van der Waals surface area contributed by atoms with Gasteiger partial charge in [-0.05, 0) is 32.7 Å². The first-order valence-corrected chi connectivity index (χ1v) is 4.91. The third kappa shape index (κ3) is 2.57. The van der Waals surface area contributed by atoms with Gasteiger partial charge in [-0.25, -0.2) is 0 Å². The molecule has 0 radical (unpaired) electrons. The fourth-order valence-corrected chi connectivity index (χ4v) is 1.76. The van der Waals surface area contributed by atoms with Crippen LogP contribution < -0.4 is 5.32 Å². The van der Waals surface area contributed by atoms with Crippen LogP contribution in [0.4, 0.5) is 0 Å². The zero-order chi connectivity index (χ0) is 9.73. The van der Waals surface area contributed by atoms with Crippen molar-refractivity contribution in [3.8, 4) is 12.3 Å². The summed E-state index contributed by atoms with van der Waals surface area (Å²) in [6.45, 7) is 2.97. The predicted molar refractivity (Wildman–Crippen MR) is 53.3 cm³/mol. The molecule has 0 aromatic rings. The standard InChI is InChI=1S/C11H17NO/c1-3-4-5-7-10(13)11(2)8-6-9-12-11/h1,12H,4-9H2,2H3. The van der Waals surface area contributed by atoms with Gasteiger partial charge in [0, 0.05) is 12.8 Å². The minimum absolute atomic E-state index is 0.255. The number of terminal acetylenes is 1. The number of ketones is 1. The lowest BCUT2D eigenvalue weighted by atomic mass is 9.91. The van der Waals surface area contributed by atoms with Gasteiger partial charge in [0.05, 0.1) is 5.54 Å². The molecule has 72 valence electrons. The van der Waals surface area contributed by atoms with Gasteiger partial charge in [-0.3, -0.25) is 4.79 Å². The molecule has 0 spiro atoms. The molecule has 2 nitrogen and oxygen atoms in total. The Kier molecular flexibility index (Phi) is 3.50. The molecule has 1 rings (SSSR count). The number of hydrogen-bond acceptors (Lipinski definition) is 2. The first-order valence-electron chi connectivity index (χ1n) is 4.91. The predicted octanol–water partition coefficient (Wildman–Crippen LogP) is 1.50. The summed E-state index contributed by atoms with van der Waals surface area (Å²) in [7, 11) is 0. The molecular formula is C11H17NO. The smallest absolute Gasteiger partial charge is 0.152 e. The normalized spacial score (nSPS) is 27.1. The highest BCUT2D eigenvalue weighted by Crippen LogP contribution is 2.21. The summed E-state index contributed by atoms with van der Waals surface area (Å²) < 4.78 is 0. The number of carbonyl (C=O) groups is 1. The Bertz CT molecular complexity index is 221. The highest BCUT2D eigenvalue weighted by molar-refractivity contribution is 5.88. The molecule has 13 heavy (non-hydrogen) atoms. The summed E-state index contributed by atoms with van der Waals surface area (Å²) >= 11 is 0. The lowest BCUT2D eigenvalue weighted by Crippen LogP contribution is -2.44. The van der Waals surface area contributed by atoms with Crippen molar-refractivity contribution in [1.82, 2.24) is 5.32 Å². The van der Waals surface area contributed by atoms with E-state index in [0.717, 1.165) is 25.8 Å². The van der Waals surface area contributed by atoms with Gasteiger partial charge < -0.3 is 5.32 Å². The van der Waals surface area contributed by atoms with Crippen molar-refractivity contribution >= 4 is 5.78 Å². The first kappa shape index (κ1) is 10.3. The van der Waals surface area contributed by atoms with E-state index in [4.69, 9.17) is 6.42 Å². The number of unbranched alkanes of at least 4 members (excludes halogenated alkanes) is 1. The quantitative estimate of drug-likeness (QED) is 0.523. The molecule has 2 heteroatoms. The second-order valence-electron chi connectivity index (χ2n) is 3.84. The summed E-state index contributed by atoms with van der Waals surface area (Å²) in [5.74, 6) is 2.87. The van der Waals surface area contributed by atoms with Crippen LogP contribution >= 0.6 is 0 Å². The number of carbonyl (C=O) groups excluding carboxylic acids is 1. The van der Waals surface area contributed by atoms with Crippen LogP contribution in [0, 0.1) is 12.3 Å². The molecule has 0 aromatic heterocycles. The van der Waals surface area contributed by atoms with Crippen molar-refractivity contribution in [2.45, 2.75) is 44.6 Å². The second-order valence-corrected chi connectivity index (χ2v) is 3.84. The summed E-state index contributed by atoms with van der Waals surface area (Å²) in [5, 5.41) is 3.26. The average molecular weight is 179 g/mol. The van der Waals surface area contributed by atoms with E-state index < -0.39 is 0 Å². The van der Waals surface area contributed by atoms with Crippen molar-refractivity contribution in [2.75, 3.05) is 6.54 Å². The summed E-state index contributed by atoms with van der Waals surface area (Å²) in [5.41, 5.74) is -0.255. The van der Waals surface area contributed by atoms with Crippen LogP contribution in [0.5, 0.6) is 0 Å². The minimum Gasteiger partial charge on any atom is -0.305 e. The minimum atomic E-state index is -0.255. The van der Waals surface area contributed by atoms with Crippen LogP contribution in [0.2, 0.25) is 0 Å². The fourth-order valence-electron chi connectivity index (χ4n) is 1.76. The molecule has 0 aromatic carbocycles. The number of hydrogen-bond donors (Lipinski definition) is 1. The van der Waals surface area contributed by atoms with Crippen molar-refractivity contribution in [2.24, 2.45) is 0 Å². The molecule has 1 aliphatic heterocycles. The molecule has 1 aliphatic rings. The monoisotopic (exact) mass is 179 g/mol. The van der Waals surface area contributed by atoms with Crippen LogP contribution in [0.25, 0.3) is 0 Å². The third-order valence-corrected chi connectivity index (χ3v) is 2.71. The zero-order valence-electron chi connectivity index (χ0n) is 8.23. The first-order chi connectivity index (χ1) is 6.19. The van der Waals surface area contributed by atoms with E-state index in [-0.39, 0.29) is 5.54 Å². The molecule has 1 unspecified atom stereocenters. The molecule has 1 fully saturated rings. The molecule has 0 saturated carbocycles. The largest absolute Gasteiger partial charge is 0.305 e. The van der Waals surface area contributed by atoms with Gasteiger partial charge in [-0.2, -0.15) is 0 Å². The van der Waals surface area contributed by atoms with Crippen LogP contribution in [0.1, 0.15) is 39.0 Å². The number of Topliss-reactive ketones (excluding diaryl/α,β-unsaturated/α-hetero) is 1. The molecule has 1 N–H and O–H groups in total. The van der Waals surface area contributed by atoms with E-state index in [0.29, 0.717) is 18.6 Å². The summed E-state index contributed by atoms with van der Waals surface area (Å²) in [4.78, 5) is 11.7. The highest BCUT2D eigenvalue weighted by Gasteiger charge is 2.34. The van der Waals surface area contributed by atoms with Gasteiger partial charge in [-0.1, -0.05) is 0 Å². The molecule has 0 bridgehead atoms. The van der Waals surface area contributed by atoms with Crippen molar-refractivity contribution in [1.29, 1.82) is 0 Å². The van der Waals surface area contributed by atoms with E-state index >= 15 is 0 Å². The van der Waals surface area contributed by atoms with Gasteiger partial charge in [0.2, 0.25) is 0 Å². The highest BCUT2D eigenvalue weighted by atomic mass is 16.1. The zero-order valence-corrected chi connectivity index (χ0v) is 8.23. The fraction of sp³-hybridized carbons (Fsp3) is 0.727. The SMILES string of the molecule is C#CCCCC(=O)C1(C)CCCN1. The second kappa shape index (κ2) is 4.43. The van der Waals surface area contributed by atoms with Gasteiger partial charge >= 0.3 is 0 Å². The lowest BCUT2D eigenvalue weighted by Gasteiger charge is -2.22. The number of rotatable bonds is 4. The molecule has 0 aliphatic carbocycles. The Morgan fingerprint density at radius 3 is 3.00 bits per heavy atom. The molecule has 1 heterocycles. The maximum Gasteiger partial charge on any atom is 0.152 e. The van der Waals surface area contributed by atoms with Crippen molar-refractivity contribution in [3.63, 3.8) is 0 Å². The molecule has 1 saturated heterocycles. The Hall–Kier alpha value is -0.810. The third-order valence-electron chi connectivity index (χ3n) is 2.71. The summed E-state index contributed by atoms with van der Waals surface area (Å²) in [6, 6.07) is 0. The van der Waals surface area contributed by atoms with Crippen LogP contribution in [-0.2, 0) is 4.79 Å².